The van der Waals surface area contributed by atoms with E-state index in [1.54, 1.807) is 25.1 Å². The average Bonchev–Trinajstić information content (AvgIpc) is 2.68. The predicted molar refractivity (Wildman–Crippen MR) is 104 cm³/mol. The van der Waals surface area contributed by atoms with Gasteiger partial charge in [-0.1, -0.05) is 12.1 Å². The third kappa shape index (κ3) is 3.91. The van der Waals surface area contributed by atoms with Gasteiger partial charge in [0.2, 0.25) is 0 Å². The molecular weight excluding hydrogens is 385 g/mol. The second kappa shape index (κ2) is 7.75. The van der Waals surface area contributed by atoms with Crippen LogP contribution in [0.1, 0.15) is 28.6 Å². The molecule has 9 heteroatoms. The highest BCUT2D eigenvalue weighted by Crippen LogP contribution is 2.37. The average molecular weight is 406 g/mol. The zero-order valence-corrected chi connectivity index (χ0v) is 16.4. The highest BCUT2D eigenvalue weighted by molar-refractivity contribution is 5.95. The second-order valence-electron chi connectivity index (χ2n) is 6.53. The Morgan fingerprint density at radius 1 is 1.00 bits per heavy atom. The molecule has 154 valence electrons. The van der Waals surface area contributed by atoms with E-state index in [4.69, 9.17) is 15.2 Å². The fourth-order valence-electron chi connectivity index (χ4n) is 3.24. The highest BCUT2D eigenvalue weighted by Gasteiger charge is 2.33. The molecule has 1 atom stereocenters. The lowest BCUT2D eigenvalue weighted by Crippen LogP contribution is -2.23. The summed E-state index contributed by atoms with van der Waals surface area (Å²) in [5.41, 5.74) is 6.51. The van der Waals surface area contributed by atoms with Gasteiger partial charge in [0.25, 0.3) is 0 Å². The molecular formula is C20H21F3N4O2. The molecule has 2 aromatic carbocycles. The maximum Gasteiger partial charge on any atom is 0.416 e. The maximum absolute atomic E-state index is 13.2. The number of nitrogens with one attached hydrogen (secondary N) is 1. The van der Waals surface area contributed by atoms with Crippen LogP contribution in [0.4, 0.5) is 19.0 Å². The van der Waals surface area contributed by atoms with E-state index in [2.05, 4.69) is 15.5 Å². The van der Waals surface area contributed by atoms with E-state index in [0.717, 1.165) is 11.5 Å². The number of halogens is 3. The lowest BCUT2D eigenvalue weighted by molar-refractivity contribution is -0.138. The number of anilines is 1. The summed E-state index contributed by atoms with van der Waals surface area (Å²) in [6.07, 6.45) is -5.38. The van der Waals surface area contributed by atoms with E-state index in [1.807, 2.05) is 0 Å². The van der Waals surface area contributed by atoms with Crippen molar-refractivity contribution < 1.29 is 22.6 Å². The molecule has 0 saturated carbocycles. The quantitative estimate of drug-likeness (QED) is 0.613. The highest BCUT2D eigenvalue weighted by atomic mass is 19.4. The summed E-state index contributed by atoms with van der Waals surface area (Å²) in [5, 5.41) is 12.7. The van der Waals surface area contributed by atoms with Crippen LogP contribution >= 0.6 is 0 Å². The summed E-state index contributed by atoms with van der Waals surface area (Å²) in [6.45, 7) is 3.19. The molecule has 1 heterocycles. The number of fused-ring (bicyclic) bond motifs is 1. The number of hydrogen-bond donors (Lipinski definition) is 2. The van der Waals surface area contributed by atoms with Gasteiger partial charge in [-0.15, -0.1) is 5.10 Å². The Labute approximate surface area is 165 Å². The number of hydrogen-bond acceptors (Lipinski definition) is 6. The molecule has 0 radical (unpaired) electrons. The molecule has 3 rings (SSSR count). The molecule has 0 bridgehead atoms. The van der Waals surface area contributed by atoms with E-state index in [0.29, 0.717) is 34.0 Å². The largest absolute Gasteiger partial charge is 0.493 e. The monoisotopic (exact) mass is 406 g/mol. The van der Waals surface area contributed by atoms with E-state index < -0.39 is 17.9 Å². The number of nitrogens with zero attached hydrogens (tertiary/aromatic N) is 2. The van der Waals surface area contributed by atoms with Crippen LogP contribution in [0.3, 0.4) is 0 Å². The summed E-state index contributed by atoms with van der Waals surface area (Å²) in [5.74, 6) is 1.34. The van der Waals surface area contributed by atoms with E-state index in [-0.39, 0.29) is 5.56 Å². The first-order valence-corrected chi connectivity index (χ1v) is 8.75. The number of methoxy groups -OCH3 is 2. The van der Waals surface area contributed by atoms with Crippen LogP contribution in [-0.4, -0.2) is 24.4 Å². The van der Waals surface area contributed by atoms with Crippen molar-refractivity contribution in [3.63, 3.8) is 0 Å². The van der Waals surface area contributed by atoms with Crippen LogP contribution in [0.25, 0.3) is 10.8 Å². The zero-order chi connectivity index (χ0) is 21.3. The normalized spacial score (nSPS) is 12.7. The summed E-state index contributed by atoms with van der Waals surface area (Å²) in [4.78, 5) is 0. The Hall–Kier alpha value is -3.07. The van der Waals surface area contributed by atoms with Crippen molar-refractivity contribution in [1.82, 2.24) is 10.2 Å². The first-order valence-electron chi connectivity index (χ1n) is 8.75. The van der Waals surface area contributed by atoms with Gasteiger partial charge in [-0.2, -0.15) is 18.3 Å². The minimum atomic E-state index is -4.46. The van der Waals surface area contributed by atoms with Gasteiger partial charge < -0.3 is 20.5 Å². The fourth-order valence-corrected chi connectivity index (χ4v) is 3.24. The first kappa shape index (κ1) is 20.7. The van der Waals surface area contributed by atoms with Crippen LogP contribution in [0.5, 0.6) is 11.5 Å². The molecule has 0 aliphatic carbocycles. The van der Waals surface area contributed by atoms with Crippen molar-refractivity contribution in [3.05, 3.63) is 52.7 Å². The number of rotatable bonds is 5. The van der Waals surface area contributed by atoms with E-state index >= 15 is 0 Å². The van der Waals surface area contributed by atoms with Gasteiger partial charge in [0, 0.05) is 10.8 Å². The topological polar surface area (TPSA) is 82.3 Å². The van der Waals surface area contributed by atoms with Crippen molar-refractivity contribution in [2.24, 2.45) is 5.73 Å². The van der Waals surface area contributed by atoms with Crippen LogP contribution in [-0.2, 0) is 6.18 Å². The van der Waals surface area contributed by atoms with Gasteiger partial charge in [0.05, 0.1) is 25.5 Å². The number of ether oxygens (including phenoxy) is 2. The molecule has 6 nitrogen and oxygen atoms in total. The second-order valence-corrected chi connectivity index (χ2v) is 6.53. The third-order valence-corrected chi connectivity index (χ3v) is 4.78. The molecule has 3 N–H and O–H groups in total. The van der Waals surface area contributed by atoms with Crippen LogP contribution < -0.4 is 20.5 Å². The van der Waals surface area contributed by atoms with Crippen molar-refractivity contribution in [1.29, 1.82) is 0 Å². The maximum atomic E-state index is 13.2. The molecule has 0 aliphatic heterocycles. The molecule has 0 spiro atoms. The minimum Gasteiger partial charge on any atom is -0.493 e. The Morgan fingerprint density at radius 3 is 2.21 bits per heavy atom. The van der Waals surface area contributed by atoms with Gasteiger partial charge in [0.15, 0.2) is 17.3 Å². The van der Waals surface area contributed by atoms with Gasteiger partial charge in [-0.25, -0.2) is 0 Å². The summed E-state index contributed by atoms with van der Waals surface area (Å²) >= 11 is 0. The SMILES string of the molecule is COc1cc2c(C)nnc(N[C@H](N)c3cccc(C(F)(F)F)c3C)c2cc1OC. The molecule has 0 unspecified atom stereocenters. The summed E-state index contributed by atoms with van der Waals surface area (Å²) < 4.78 is 50.3. The Kier molecular flexibility index (Phi) is 5.52. The number of nitrogens with two attached hydrogens (primary N) is 1. The molecule has 3 aromatic rings. The van der Waals surface area contributed by atoms with E-state index in [1.165, 1.54) is 27.2 Å². The van der Waals surface area contributed by atoms with Gasteiger partial charge in [-0.3, -0.25) is 0 Å². The molecule has 1 aromatic heterocycles. The molecule has 0 aliphatic rings. The predicted octanol–water partition coefficient (Wildman–Crippen LogP) is 4.35. The number of alkyl halides is 3. The van der Waals surface area contributed by atoms with Crippen LogP contribution in [0, 0.1) is 13.8 Å². The van der Waals surface area contributed by atoms with E-state index in [9.17, 15) is 13.2 Å². The fraction of sp³-hybridized carbons (Fsp3) is 0.300. The molecule has 0 amide bonds. The third-order valence-electron chi connectivity index (χ3n) is 4.78. The van der Waals surface area contributed by atoms with Crippen molar-refractivity contribution >= 4 is 16.6 Å². The molecule has 0 fully saturated rings. The van der Waals surface area contributed by atoms with Crippen molar-refractivity contribution in [2.75, 3.05) is 19.5 Å². The van der Waals surface area contributed by atoms with Crippen molar-refractivity contribution in [2.45, 2.75) is 26.2 Å². The number of aromatic nitrogens is 2. The lowest BCUT2D eigenvalue weighted by atomic mass is 10.00. The lowest BCUT2D eigenvalue weighted by Gasteiger charge is -2.21. The molecule has 29 heavy (non-hydrogen) atoms. The minimum absolute atomic E-state index is 0.0589. The Bertz CT molecular complexity index is 1050. The van der Waals surface area contributed by atoms with Gasteiger partial charge in [0.1, 0.15) is 6.17 Å². The zero-order valence-electron chi connectivity index (χ0n) is 16.4. The van der Waals surface area contributed by atoms with Gasteiger partial charge in [-0.05, 0) is 43.2 Å². The van der Waals surface area contributed by atoms with Crippen LogP contribution in [0.15, 0.2) is 30.3 Å². The number of aryl methyl sites for hydroxylation is 1. The standard InChI is InChI=1S/C20H21F3N4O2/c1-10-12(6-5-7-15(10)20(21,22)23)18(24)25-19-14-9-17(29-4)16(28-3)8-13(14)11(2)26-27-19/h5-9,18H,24H2,1-4H3,(H,25,27)/t18-/m0/s1. The Morgan fingerprint density at radius 2 is 1.62 bits per heavy atom. The van der Waals surface area contributed by atoms with Gasteiger partial charge >= 0.3 is 6.18 Å². The smallest absolute Gasteiger partial charge is 0.416 e. The molecule has 0 saturated heterocycles. The summed E-state index contributed by atoms with van der Waals surface area (Å²) in [7, 11) is 3.04. The van der Waals surface area contributed by atoms with Crippen molar-refractivity contribution in [3.8, 4) is 11.5 Å². The first-order chi connectivity index (χ1) is 13.7. The summed E-state index contributed by atoms with van der Waals surface area (Å²) in [6, 6.07) is 7.41. The van der Waals surface area contributed by atoms with Crippen LogP contribution in [0.2, 0.25) is 0 Å². The Balaban J connectivity index is 2.06. The number of benzene rings is 2.